The molecule has 4 heteroatoms. The Morgan fingerprint density at radius 1 is 1.22 bits per heavy atom. The number of nitrogens with one attached hydrogen (secondary N) is 1. The lowest BCUT2D eigenvalue weighted by Crippen LogP contribution is -2.08. The van der Waals surface area contributed by atoms with Gasteiger partial charge in [-0.2, -0.15) is 0 Å². The molecule has 1 aromatic rings. The van der Waals surface area contributed by atoms with Crippen LogP contribution in [-0.4, -0.2) is 21.8 Å². The fourth-order valence-electron chi connectivity index (χ4n) is 1.47. The van der Waals surface area contributed by atoms with Gasteiger partial charge in [-0.3, -0.25) is 0 Å². The van der Waals surface area contributed by atoms with E-state index in [9.17, 15) is 0 Å². The first-order valence-electron chi connectivity index (χ1n) is 6.85. The summed E-state index contributed by atoms with van der Waals surface area (Å²) in [7, 11) is 0. The lowest BCUT2D eigenvalue weighted by Gasteiger charge is -2.15. The monoisotopic (exact) mass is 267 g/mol. The zero-order chi connectivity index (χ0) is 13.5. The second kappa shape index (κ2) is 7.62. The van der Waals surface area contributed by atoms with Crippen LogP contribution in [0.3, 0.4) is 0 Å². The van der Waals surface area contributed by atoms with Crippen molar-refractivity contribution >= 4 is 17.6 Å². The maximum atomic E-state index is 4.64. The van der Waals surface area contributed by atoms with Crippen molar-refractivity contribution in [1.82, 2.24) is 9.97 Å². The molecule has 0 amide bonds. The zero-order valence-electron chi connectivity index (χ0n) is 12.2. The van der Waals surface area contributed by atoms with E-state index in [0.717, 1.165) is 36.1 Å². The molecule has 1 unspecified atom stereocenters. The topological polar surface area (TPSA) is 37.8 Å². The molecule has 0 fully saturated rings. The Labute approximate surface area is 115 Å². The molecule has 0 radical (unpaired) electrons. The van der Waals surface area contributed by atoms with E-state index in [1.54, 1.807) is 0 Å². The summed E-state index contributed by atoms with van der Waals surface area (Å²) in [6, 6.07) is 2.06. The highest BCUT2D eigenvalue weighted by molar-refractivity contribution is 7.99. The van der Waals surface area contributed by atoms with Crippen LogP contribution in [0.5, 0.6) is 0 Å². The molecule has 0 bridgehead atoms. The van der Waals surface area contributed by atoms with Crippen molar-refractivity contribution in [3.8, 4) is 0 Å². The van der Waals surface area contributed by atoms with E-state index in [1.807, 2.05) is 11.8 Å². The van der Waals surface area contributed by atoms with E-state index < -0.39 is 0 Å². The second-order valence-electron chi connectivity index (χ2n) is 4.85. The molecule has 3 nitrogen and oxygen atoms in total. The van der Waals surface area contributed by atoms with Gasteiger partial charge in [0.25, 0.3) is 0 Å². The standard InChI is InChI=1S/C14H25N3S/c1-6-8-12-16-13(15-7-2)9-14(17-12)18-11(5)10(3)4/h9-11H,6-8H2,1-5H3,(H,15,16,17). The molecule has 0 aliphatic carbocycles. The molecule has 0 saturated carbocycles. The molecule has 0 aliphatic rings. The van der Waals surface area contributed by atoms with Crippen LogP contribution >= 0.6 is 11.8 Å². The van der Waals surface area contributed by atoms with Crippen molar-refractivity contribution in [1.29, 1.82) is 0 Å². The summed E-state index contributed by atoms with van der Waals surface area (Å²) in [4.78, 5) is 9.17. The molecule has 0 saturated heterocycles. The number of hydrogen-bond acceptors (Lipinski definition) is 4. The minimum atomic E-state index is 0.573. The Balaban J connectivity index is 2.87. The number of anilines is 1. The molecule has 1 aromatic heterocycles. The Morgan fingerprint density at radius 2 is 1.94 bits per heavy atom. The van der Waals surface area contributed by atoms with Gasteiger partial charge >= 0.3 is 0 Å². The Hall–Kier alpha value is -0.770. The molecule has 0 aliphatic heterocycles. The molecule has 1 rings (SSSR count). The van der Waals surface area contributed by atoms with Crippen molar-refractivity contribution in [3.05, 3.63) is 11.9 Å². The van der Waals surface area contributed by atoms with Gasteiger partial charge in [-0.1, -0.05) is 27.7 Å². The van der Waals surface area contributed by atoms with Gasteiger partial charge in [0.2, 0.25) is 0 Å². The summed E-state index contributed by atoms with van der Waals surface area (Å²) in [5.74, 6) is 2.56. The largest absolute Gasteiger partial charge is 0.370 e. The maximum absolute atomic E-state index is 4.64. The smallest absolute Gasteiger partial charge is 0.132 e. The Kier molecular flexibility index (Phi) is 6.47. The van der Waals surface area contributed by atoms with Crippen molar-refractivity contribution < 1.29 is 0 Å². The summed E-state index contributed by atoms with van der Waals surface area (Å²) in [6.07, 6.45) is 2.03. The van der Waals surface area contributed by atoms with Gasteiger partial charge in [0.15, 0.2) is 0 Å². The predicted octanol–water partition coefficient (Wildman–Crippen LogP) is 4.00. The highest BCUT2D eigenvalue weighted by atomic mass is 32.2. The van der Waals surface area contributed by atoms with Crippen molar-refractivity contribution in [2.75, 3.05) is 11.9 Å². The Morgan fingerprint density at radius 3 is 2.50 bits per heavy atom. The number of nitrogens with zero attached hydrogens (tertiary/aromatic N) is 2. The third-order valence-corrected chi connectivity index (χ3v) is 4.19. The summed E-state index contributed by atoms with van der Waals surface area (Å²) in [5.41, 5.74) is 0. The number of hydrogen-bond donors (Lipinski definition) is 1. The second-order valence-corrected chi connectivity index (χ2v) is 6.25. The summed E-state index contributed by atoms with van der Waals surface area (Å²) in [5, 5.41) is 4.95. The van der Waals surface area contributed by atoms with Gasteiger partial charge in [-0.15, -0.1) is 11.8 Å². The molecular formula is C14H25N3S. The van der Waals surface area contributed by atoms with Gasteiger partial charge < -0.3 is 5.32 Å². The molecule has 1 N–H and O–H groups in total. The molecular weight excluding hydrogens is 242 g/mol. The minimum absolute atomic E-state index is 0.573. The van der Waals surface area contributed by atoms with Crippen molar-refractivity contribution in [2.24, 2.45) is 5.92 Å². The summed E-state index contributed by atoms with van der Waals surface area (Å²) in [6.45, 7) is 11.9. The van der Waals surface area contributed by atoms with Gasteiger partial charge in [-0.05, 0) is 19.3 Å². The number of aromatic nitrogens is 2. The lowest BCUT2D eigenvalue weighted by atomic mass is 10.2. The van der Waals surface area contributed by atoms with E-state index in [2.05, 4.69) is 56.0 Å². The maximum Gasteiger partial charge on any atom is 0.132 e. The lowest BCUT2D eigenvalue weighted by molar-refractivity contribution is 0.641. The van der Waals surface area contributed by atoms with Crippen LogP contribution in [0.1, 0.15) is 46.9 Å². The van der Waals surface area contributed by atoms with Gasteiger partial charge in [0.05, 0.1) is 0 Å². The third-order valence-electron chi connectivity index (χ3n) is 2.83. The van der Waals surface area contributed by atoms with Gasteiger partial charge in [0, 0.05) is 24.3 Å². The minimum Gasteiger partial charge on any atom is -0.370 e. The van der Waals surface area contributed by atoms with Crippen LogP contribution in [0.4, 0.5) is 5.82 Å². The predicted molar refractivity (Wildman–Crippen MR) is 80.3 cm³/mol. The van der Waals surface area contributed by atoms with Gasteiger partial charge in [0.1, 0.15) is 16.7 Å². The van der Waals surface area contributed by atoms with E-state index in [4.69, 9.17) is 0 Å². The highest BCUT2D eigenvalue weighted by Crippen LogP contribution is 2.27. The quantitative estimate of drug-likeness (QED) is 0.598. The van der Waals surface area contributed by atoms with E-state index >= 15 is 0 Å². The van der Waals surface area contributed by atoms with Crippen LogP contribution in [-0.2, 0) is 6.42 Å². The molecule has 0 spiro atoms. The van der Waals surface area contributed by atoms with Gasteiger partial charge in [-0.25, -0.2) is 9.97 Å². The van der Waals surface area contributed by atoms with Crippen LogP contribution in [0.15, 0.2) is 11.1 Å². The van der Waals surface area contributed by atoms with E-state index in [1.165, 1.54) is 0 Å². The normalized spacial score (nSPS) is 12.8. The third kappa shape index (κ3) is 4.84. The first kappa shape index (κ1) is 15.3. The zero-order valence-corrected chi connectivity index (χ0v) is 13.0. The fraction of sp³-hybridized carbons (Fsp3) is 0.714. The number of rotatable bonds is 7. The summed E-state index contributed by atoms with van der Waals surface area (Å²) < 4.78 is 0. The fourth-order valence-corrected chi connectivity index (χ4v) is 2.46. The van der Waals surface area contributed by atoms with Crippen LogP contribution in [0.2, 0.25) is 0 Å². The van der Waals surface area contributed by atoms with E-state index in [-0.39, 0.29) is 0 Å². The number of aryl methyl sites for hydroxylation is 1. The van der Waals surface area contributed by atoms with Crippen LogP contribution in [0, 0.1) is 5.92 Å². The van der Waals surface area contributed by atoms with Crippen LogP contribution in [0.25, 0.3) is 0 Å². The van der Waals surface area contributed by atoms with E-state index in [0.29, 0.717) is 11.2 Å². The SMILES string of the molecule is CCCc1nc(NCC)cc(SC(C)C(C)C)n1. The first-order valence-corrected chi connectivity index (χ1v) is 7.73. The van der Waals surface area contributed by atoms with Crippen molar-refractivity contribution in [2.45, 2.75) is 57.7 Å². The number of thioether (sulfide) groups is 1. The Bertz CT molecular complexity index is 342. The average Bonchev–Trinajstić information content (AvgIpc) is 2.29. The van der Waals surface area contributed by atoms with Crippen LogP contribution < -0.4 is 5.32 Å². The molecule has 18 heavy (non-hydrogen) atoms. The average molecular weight is 267 g/mol. The molecule has 0 aromatic carbocycles. The van der Waals surface area contributed by atoms with Crippen molar-refractivity contribution in [3.63, 3.8) is 0 Å². The summed E-state index contributed by atoms with van der Waals surface area (Å²) >= 11 is 1.84. The molecule has 1 heterocycles. The molecule has 1 atom stereocenters. The highest BCUT2D eigenvalue weighted by Gasteiger charge is 2.12. The first-order chi connectivity index (χ1) is 8.56. The molecule has 102 valence electrons.